The highest BCUT2D eigenvalue weighted by molar-refractivity contribution is 9.10. The summed E-state index contributed by atoms with van der Waals surface area (Å²) in [7, 11) is 1.56. The molecule has 0 bridgehead atoms. The first-order valence-electron chi connectivity index (χ1n) is 5.48. The quantitative estimate of drug-likeness (QED) is 0.938. The molecule has 1 aromatic carbocycles. The van der Waals surface area contributed by atoms with Crippen molar-refractivity contribution in [3.63, 3.8) is 0 Å². The zero-order valence-corrected chi connectivity index (χ0v) is 11.8. The van der Waals surface area contributed by atoms with Gasteiger partial charge in [-0.25, -0.2) is 0 Å². The molecule has 2 rings (SSSR count). The third-order valence-electron chi connectivity index (χ3n) is 2.65. The van der Waals surface area contributed by atoms with Crippen molar-refractivity contribution in [3.8, 4) is 11.4 Å². The molecule has 0 fully saturated rings. The molecule has 18 heavy (non-hydrogen) atoms. The number of hydrogen-bond donors (Lipinski definition) is 1. The molecular formula is C12H14BrN3O2. The Morgan fingerprint density at radius 2 is 2.28 bits per heavy atom. The van der Waals surface area contributed by atoms with Crippen LogP contribution in [0.4, 0.5) is 0 Å². The van der Waals surface area contributed by atoms with Crippen LogP contribution >= 0.6 is 15.9 Å². The van der Waals surface area contributed by atoms with Gasteiger partial charge in [0.1, 0.15) is 6.10 Å². The summed E-state index contributed by atoms with van der Waals surface area (Å²) in [5.74, 6) is 0.924. The lowest BCUT2D eigenvalue weighted by Gasteiger charge is -2.05. The number of hydrogen-bond acceptors (Lipinski definition) is 5. The normalized spacial score (nSPS) is 12.7. The fourth-order valence-corrected chi connectivity index (χ4v) is 1.89. The van der Waals surface area contributed by atoms with Crippen LogP contribution in [0.25, 0.3) is 11.4 Å². The average molecular weight is 312 g/mol. The lowest BCUT2D eigenvalue weighted by atomic mass is 10.1. The van der Waals surface area contributed by atoms with Crippen LogP contribution in [0.15, 0.2) is 27.2 Å². The summed E-state index contributed by atoms with van der Waals surface area (Å²) in [6.45, 7) is 2.32. The number of nitrogens with two attached hydrogens (primary N) is 1. The van der Waals surface area contributed by atoms with Gasteiger partial charge in [0.25, 0.3) is 5.89 Å². The SMILES string of the molecule is COC(CN)c1nc(-c2ccc(C)c(Br)c2)no1. The van der Waals surface area contributed by atoms with E-state index >= 15 is 0 Å². The molecule has 96 valence electrons. The second-order valence-electron chi connectivity index (χ2n) is 3.88. The molecule has 1 unspecified atom stereocenters. The summed E-state index contributed by atoms with van der Waals surface area (Å²) in [5.41, 5.74) is 7.58. The van der Waals surface area contributed by atoms with Crippen molar-refractivity contribution < 1.29 is 9.26 Å². The Labute approximate surface area is 113 Å². The maximum Gasteiger partial charge on any atom is 0.257 e. The molecule has 1 atom stereocenters. The maximum atomic E-state index is 5.55. The first-order valence-corrected chi connectivity index (χ1v) is 6.28. The highest BCUT2D eigenvalue weighted by Gasteiger charge is 2.17. The summed E-state index contributed by atoms with van der Waals surface area (Å²) in [6.07, 6.45) is -0.361. The first kappa shape index (κ1) is 13.2. The molecule has 0 aliphatic carbocycles. The lowest BCUT2D eigenvalue weighted by molar-refractivity contribution is 0.0804. The molecule has 5 nitrogen and oxygen atoms in total. The van der Waals surface area contributed by atoms with E-state index in [2.05, 4.69) is 26.1 Å². The molecule has 1 aromatic heterocycles. The van der Waals surface area contributed by atoms with Crippen molar-refractivity contribution in [3.05, 3.63) is 34.1 Å². The second kappa shape index (κ2) is 5.60. The Bertz CT molecular complexity index is 538. The molecule has 1 heterocycles. The minimum absolute atomic E-state index is 0.301. The molecule has 0 radical (unpaired) electrons. The molecule has 0 saturated heterocycles. The van der Waals surface area contributed by atoms with Crippen molar-refractivity contribution in [2.75, 3.05) is 13.7 Å². The van der Waals surface area contributed by atoms with Crippen LogP contribution in [0.1, 0.15) is 17.6 Å². The van der Waals surface area contributed by atoms with Crippen LogP contribution < -0.4 is 5.73 Å². The molecule has 0 aliphatic rings. The van der Waals surface area contributed by atoms with E-state index in [-0.39, 0.29) is 6.10 Å². The van der Waals surface area contributed by atoms with Gasteiger partial charge in [-0.15, -0.1) is 0 Å². The summed E-state index contributed by atoms with van der Waals surface area (Å²) >= 11 is 3.48. The van der Waals surface area contributed by atoms with Crippen LogP contribution in [-0.2, 0) is 4.74 Å². The average Bonchev–Trinajstić information content (AvgIpc) is 2.84. The van der Waals surface area contributed by atoms with Gasteiger partial charge in [0.15, 0.2) is 0 Å². The van der Waals surface area contributed by atoms with Gasteiger partial charge in [0, 0.05) is 23.7 Å². The Balaban J connectivity index is 2.31. The molecule has 0 saturated carbocycles. The standard InChI is InChI=1S/C12H14BrN3O2/c1-7-3-4-8(5-9(7)13)11-15-12(18-16-11)10(6-14)17-2/h3-5,10H,6,14H2,1-2H3. The van der Waals surface area contributed by atoms with Crippen LogP contribution in [0, 0.1) is 6.92 Å². The summed E-state index contributed by atoms with van der Waals surface area (Å²) < 4.78 is 11.3. The van der Waals surface area contributed by atoms with Crippen molar-refractivity contribution in [1.29, 1.82) is 0 Å². The van der Waals surface area contributed by atoms with Crippen molar-refractivity contribution in [1.82, 2.24) is 10.1 Å². The molecule has 0 amide bonds. The fraction of sp³-hybridized carbons (Fsp3) is 0.333. The molecule has 2 aromatic rings. The predicted octanol–water partition coefficient (Wildman–Crippen LogP) is 2.45. The molecule has 2 N–H and O–H groups in total. The molecule has 6 heteroatoms. The van der Waals surface area contributed by atoms with E-state index in [0.717, 1.165) is 15.6 Å². The Morgan fingerprint density at radius 3 is 2.89 bits per heavy atom. The number of rotatable bonds is 4. The zero-order valence-electron chi connectivity index (χ0n) is 10.2. The van der Waals surface area contributed by atoms with Gasteiger partial charge < -0.3 is 15.0 Å². The van der Waals surface area contributed by atoms with Gasteiger partial charge in [-0.1, -0.05) is 33.2 Å². The number of benzene rings is 1. The third-order valence-corrected chi connectivity index (χ3v) is 3.50. The van der Waals surface area contributed by atoms with E-state index in [0.29, 0.717) is 18.3 Å². The van der Waals surface area contributed by atoms with Gasteiger partial charge in [-0.3, -0.25) is 0 Å². The van der Waals surface area contributed by atoms with E-state index in [1.807, 2.05) is 25.1 Å². The van der Waals surface area contributed by atoms with E-state index in [4.69, 9.17) is 15.0 Å². The number of nitrogens with zero attached hydrogens (tertiary/aromatic N) is 2. The number of aromatic nitrogens is 2. The van der Waals surface area contributed by atoms with Gasteiger partial charge in [0.2, 0.25) is 5.82 Å². The Kier molecular flexibility index (Phi) is 4.11. The molecule has 0 aliphatic heterocycles. The van der Waals surface area contributed by atoms with Crippen LogP contribution in [0.2, 0.25) is 0 Å². The Morgan fingerprint density at radius 1 is 1.50 bits per heavy atom. The van der Waals surface area contributed by atoms with E-state index < -0.39 is 0 Å². The number of aryl methyl sites for hydroxylation is 1. The van der Waals surface area contributed by atoms with E-state index in [9.17, 15) is 0 Å². The largest absolute Gasteiger partial charge is 0.370 e. The first-order chi connectivity index (χ1) is 8.65. The van der Waals surface area contributed by atoms with Crippen molar-refractivity contribution in [2.24, 2.45) is 5.73 Å². The summed E-state index contributed by atoms with van der Waals surface area (Å²) in [6, 6.07) is 5.89. The lowest BCUT2D eigenvalue weighted by Crippen LogP contribution is -2.14. The van der Waals surface area contributed by atoms with Gasteiger partial charge in [0.05, 0.1) is 0 Å². The minimum Gasteiger partial charge on any atom is -0.370 e. The van der Waals surface area contributed by atoms with Gasteiger partial charge in [-0.05, 0) is 18.6 Å². The Hall–Kier alpha value is -1.24. The number of ether oxygens (including phenoxy) is 1. The van der Waals surface area contributed by atoms with E-state index in [1.54, 1.807) is 7.11 Å². The zero-order chi connectivity index (χ0) is 13.1. The minimum atomic E-state index is -0.361. The number of methoxy groups -OCH3 is 1. The van der Waals surface area contributed by atoms with Crippen LogP contribution in [0.5, 0.6) is 0 Å². The predicted molar refractivity (Wildman–Crippen MR) is 71.0 cm³/mol. The highest BCUT2D eigenvalue weighted by Crippen LogP contribution is 2.25. The van der Waals surface area contributed by atoms with Crippen LogP contribution in [-0.4, -0.2) is 23.8 Å². The maximum absolute atomic E-state index is 5.55. The highest BCUT2D eigenvalue weighted by atomic mass is 79.9. The van der Waals surface area contributed by atoms with Crippen molar-refractivity contribution in [2.45, 2.75) is 13.0 Å². The molecular weight excluding hydrogens is 298 g/mol. The van der Waals surface area contributed by atoms with Crippen molar-refractivity contribution >= 4 is 15.9 Å². The second-order valence-corrected chi connectivity index (χ2v) is 4.73. The summed E-state index contributed by atoms with van der Waals surface area (Å²) in [4.78, 5) is 4.29. The molecule has 0 spiro atoms. The number of halogens is 1. The van der Waals surface area contributed by atoms with E-state index in [1.165, 1.54) is 0 Å². The smallest absolute Gasteiger partial charge is 0.257 e. The third kappa shape index (κ3) is 2.60. The monoisotopic (exact) mass is 311 g/mol. The summed E-state index contributed by atoms with van der Waals surface area (Å²) in [5, 5.41) is 3.93. The van der Waals surface area contributed by atoms with Gasteiger partial charge >= 0.3 is 0 Å². The van der Waals surface area contributed by atoms with Gasteiger partial charge in [-0.2, -0.15) is 4.98 Å². The fourth-order valence-electron chi connectivity index (χ4n) is 1.51. The topological polar surface area (TPSA) is 74.2 Å². The van der Waals surface area contributed by atoms with Crippen LogP contribution in [0.3, 0.4) is 0 Å².